The van der Waals surface area contributed by atoms with Crippen molar-refractivity contribution < 1.29 is 9.66 Å². The molecule has 1 aromatic rings. The van der Waals surface area contributed by atoms with Crippen LogP contribution in [-0.4, -0.2) is 28.4 Å². The lowest BCUT2D eigenvalue weighted by atomic mass is 10.1. The number of hydrogen-bond donors (Lipinski definition) is 0. The molecule has 0 amide bonds. The van der Waals surface area contributed by atoms with Gasteiger partial charge in [0.2, 0.25) is 0 Å². The van der Waals surface area contributed by atoms with Crippen molar-refractivity contribution in [2.24, 2.45) is 0 Å². The quantitative estimate of drug-likeness (QED) is 0.561. The van der Waals surface area contributed by atoms with Crippen LogP contribution in [0.4, 0.5) is 5.69 Å². The van der Waals surface area contributed by atoms with Crippen LogP contribution < -0.4 is 0 Å². The van der Waals surface area contributed by atoms with E-state index in [2.05, 4.69) is 5.10 Å². The summed E-state index contributed by atoms with van der Waals surface area (Å²) < 4.78 is 6.67. The highest BCUT2D eigenvalue weighted by Gasteiger charge is 2.27. The number of nitro groups is 1. The molecule has 0 radical (unpaired) electrons. The summed E-state index contributed by atoms with van der Waals surface area (Å²) in [5, 5.41) is 14.7. The normalized spacial score (nSPS) is 11.7. The van der Waals surface area contributed by atoms with Crippen LogP contribution in [0.1, 0.15) is 19.5 Å². The lowest BCUT2D eigenvalue weighted by Crippen LogP contribution is -2.33. The van der Waals surface area contributed by atoms with E-state index in [-0.39, 0.29) is 11.2 Å². The second kappa shape index (κ2) is 3.98. The van der Waals surface area contributed by atoms with Crippen molar-refractivity contribution in [3.8, 4) is 0 Å². The maximum atomic E-state index is 10.6. The zero-order valence-corrected chi connectivity index (χ0v) is 9.35. The van der Waals surface area contributed by atoms with E-state index in [9.17, 15) is 10.1 Å². The number of methoxy groups -OCH3 is 1. The fraction of sp³-hybridized carbons (Fsp3) is 0.667. The van der Waals surface area contributed by atoms with Gasteiger partial charge in [0.1, 0.15) is 11.9 Å². The van der Waals surface area contributed by atoms with E-state index in [0.717, 1.165) is 0 Å². The smallest absolute Gasteiger partial charge is 0.309 e. The first-order valence-corrected chi connectivity index (χ1v) is 4.58. The first kappa shape index (κ1) is 11.6. The first-order chi connectivity index (χ1) is 6.90. The minimum atomic E-state index is -0.429. The molecule has 1 heterocycles. The zero-order chi connectivity index (χ0) is 11.6. The molecule has 0 aromatic carbocycles. The molecule has 15 heavy (non-hydrogen) atoms. The van der Waals surface area contributed by atoms with Gasteiger partial charge >= 0.3 is 5.69 Å². The molecule has 0 saturated heterocycles. The molecule has 0 aliphatic rings. The summed E-state index contributed by atoms with van der Waals surface area (Å²) in [7, 11) is 1.59. The second-order valence-corrected chi connectivity index (χ2v) is 4.03. The van der Waals surface area contributed by atoms with Gasteiger partial charge in [-0.2, -0.15) is 5.10 Å². The average Bonchev–Trinajstić information content (AvgIpc) is 2.47. The van der Waals surface area contributed by atoms with Gasteiger partial charge in [-0.05, 0) is 20.8 Å². The van der Waals surface area contributed by atoms with Gasteiger partial charge in [-0.25, -0.2) is 0 Å². The number of rotatable bonds is 4. The van der Waals surface area contributed by atoms with Crippen molar-refractivity contribution in [1.82, 2.24) is 9.78 Å². The van der Waals surface area contributed by atoms with Crippen LogP contribution in [0.15, 0.2) is 6.20 Å². The molecule has 0 aliphatic carbocycles. The van der Waals surface area contributed by atoms with Crippen molar-refractivity contribution in [1.29, 1.82) is 0 Å². The summed E-state index contributed by atoms with van der Waals surface area (Å²) in [6.07, 6.45) is 1.27. The van der Waals surface area contributed by atoms with Crippen LogP contribution >= 0.6 is 0 Å². The van der Waals surface area contributed by atoms with Gasteiger partial charge in [0.15, 0.2) is 0 Å². The third-order valence-electron chi connectivity index (χ3n) is 2.25. The minimum absolute atomic E-state index is 0.0409. The fourth-order valence-corrected chi connectivity index (χ4v) is 1.60. The second-order valence-electron chi connectivity index (χ2n) is 4.03. The zero-order valence-electron chi connectivity index (χ0n) is 9.35. The third kappa shape index (κ3) is 2.15. The molecule has 1 rings (SSSR count). The highest BCUT2D eigenvalue weighted by molar-refractivity contribution is 5.32. The van der Waals surface area contributed by atoms with E-state index in [1.54, 1.807) is 18.7 Å². The van der Waals surface area contributed by atoms with Gasteiger partial charge < -0.3 is 4.74 Å². The van der Waals surface area contributed by atoms with Crippen molar-refractivity contribution in [3.05, 3.63) is 22.0 Å². The highest BCUT2D eigenvalue weighted by atomic mass is 16.6. The van der Waals surface area contributed by atoms with E-state index < -0.39 is 4.92 Å². The minimum Gasteiger partial charge on any atom is -0.382 e. The largest absolute Gasteiger partial charge is 0.382 e. The predicted octanol–water partition coefficient (Wildman–Crippen LogP) is 1.48. The van der Waals surface area contributed by atoms with E-state index in [0.29, 0.717) is 12.3 Å². The maximum Gasteiger partial charge on any atom is 0.309 e. The Balaban J connectivity index is 3.11. The Labute approximate surface area is 88.0 Å². The van der Waals surface area contributed by atoms with Gasteiger partial charge in [-0.15, -0.1) is 0 Å². The molecule has 84 valence electrons. The summed E-state index contributed by atoms with van der Waals surface area (Å²) in [4.78, 5) is 10.2. The van der Waals surface area contributed by atoms with Gasteiger partial charge in [0, 0.05) is 7.11 Å². The van der Waals surface area contributed by atoms with Crippen molar-refractivity contribution in [2.75, 3.05) is 13.7 Å². The molecule has 0 spiro atoms. The summed E-state index contributed by atoms with van der Waals surface area (Å²) in [6, 6.07) is 0. The maximum absolute atomic E-state index is 10.6. The van der Waals surface area contributed by atoms with E-state index >= 15 is 0 Å². The molecule has 0 bridgehead atoms. The van der Waals surface area contributed by atoms with Crippen LogP contribution in [0.25, 0.3) is 0 Å². The van der Waals surface area contributed by atoms with Gasteiger partial charge in [-0.1, -0.05) is 0 Å². The SMILES string of the molecule is COCC(C)(C)n1ncc([N+](=O)[O-])c1C. The van der Waals surface area contributed by atoms with E-state index in [1.165, 1.54) is 6.20 Å². The lowest BCUT2D eigenvalue weighted by molar-refractivity contribution is -0.385. The van der Waals surface area contributed by atoms with Gasteiger partial charge in [-0.3, -0.25) is 14.8 Å². The lowest BCUT2D eigenvalue weighted by Gasteiger charge is -2.25. The number of hydrogen-bond acceptors (Lipinski definition) is 4. The van der Waals surface area contributed by atoms with Crippen LogP contribution in [0.3, 0.4) is 0 Å². The standard InChI is InChI=1S/C9H15N3O3/c1-7-8(12(13)14)5-10-11(7)9(2,3)6-15-4/h5H,6H2,1-4H3. The van der Waals surface area contributed by atoms with Crippen molar-refractivity contribution in [3.63, 3.8) is 0 Å². The average molecular weight is 213 g/mol. The molecule has 0 unspecified atom stereocenters. The molecule has 0 atom stereocenters. The molecule has 1 aromatic heterocycles. The summed E-state index contributed by atoms with van der Waals surface area (Å²) in [5.41, 5.74) is 0.203. The summed E-state index contributed by atoms with van der Waals surface area (Å²) in [6.45, 7) is 5.97. The van der Waals surface area contributed by atoms with Gasteiger partial charge in [0.25, 0.3) is 0 Å². The van der Waals surface area contributed by atoms with Crippen LogP contribution in [0, 0.1) is 17.0 Å². The highest BCUT2D eigenvalue weighted by Crippen LogP contribution is 2.23. The first-order valence-electron chi connectivity index (χ1n) is 4.58. The molecule has 0 fully saturated rings. The Morgan fingerprint density at radius 1 is 1.67 bits per heavy atom. The van der Waals surface area contributed by atoms with Crippen LogP contribution in [0.2, 0.25) is 0 Å². The Morgan fingerprint density at radius 2 is 2.27 bits per heavy atom. The van der Waals surface area contributed by atoms with Gasteiger partial charge in [0.05, 0.1) is 17.1 Å². The van der Waals surface area contributed by atoms with Crippen molar-refractivity contribution in [2.45, 2.75) is 26.3 Å². The monoisotopic (exact) mass is 213 g/mol. The Morgan fingerprint density at radius 3 is 2.67 bits per heavy atom. The van der Waals surface area contributed by atoms with Crippen LogP contribution in [-0.2, 0) is 10.3 Å². The van der Waals surface area contributed by atoms with E-state index in [4.69, 9.17) is 4.74 Å². The van der Waals surface area contributed by atoms with E-state index in [1.807, 2.05) is 13.8 Å². The molecular weight excluding hydrogens is 198 g/mol. The molecule has 0 aliphatic heterocycles. The Kier molecular flexibility index (Phi) is 3.09. The third-order valence-corrected chi connectivity index (χ3v) is 2.25. The topological polar surface area (TPSA) is 70.2 Å². The molecule has 6 heteroatoms. The molecule has 0 saturated carbocycles. The number of aromatic nitrogens is 2. The molecule has 0 N–H and O–H groups in total. The Bertz CT molecular complexity index is 371. The van der Waals surface area contributed by atoms with Crippen LogP contribution in [0.5, 0.6) is 0 Å². The number of nitrogens with zero attached hydrogens (tertiary/aromatic N) is 3. The molecular formula is C9H15N3O3. The summed E-state index contributed by atoms with van der Waals surface area (Å²) in [5.74, 6) is 0. The summed E-state index contributed by atoms with van der Waals surface area (Å²) >= 11 is 0. The Hall–Kier alpha value is -1.43. The molecule has 6 nitrogen and oxygen atoms in total. The fourth-order valence-electron chi connectivity index (χ4n) is 1.60. The number of ether oxygens (including phenoxy) is 1. The van der Waals surface area contributed by atoms with Crippen molar-refractivity contribution >= 4 is 5.69 Å². The predicted molar refractivity (Wildman–Crippen MR) is 54.8 cm³/mol.